The van der Waals surface area contributed by atoms with E-state index in [0.29, 0.717) is 5.56 Å². The first-order valence-corrected chi connectivity index (χ1v) is 5.92. The summed E-state index contributed by atoms with van der Waals surface area (Å²) in [6.07, 6.45) is 4.20. The minimum Gasteiger partial charge on any atom is -0.467 e. The lowest BCUT2D eigenvalue weighted by Gasteiger charge is -2.16. The van der Waals surface area contributed by atoms with Gasteiger partial charge in [-0.15, -0.1) is 0 Å². The molecule has 2 rings (SSSR count). The number of amides is 1. The van der Waals surface area contributed by atoms with E-state index in [9.17, 15) is 9.59 Å². The Hall–Kier alpha value is -2.76. The molecule has 0 aliphatic carbocycles. The smallest absolute Gasteiger partial charge is 0.333 e. The quantitative estimate of drug-likeness (QED) is 0.843. The van der Waals surface area contributed by atoms with Crippen LogP contribution in [0.2, 0.25) is 0 Å². The number of methoxy groups -OCH3 is 1. The lowest BCUT2D eigenvalue weighted by molar-refractivity contribution is -0.143. The van der Waals surface area contributed by atoms with E-state index in [-0.39, 0.29) is 5.69 Å². The molecule has 6 nitrogen and oxygen atoms in total. The van der Waals surface area contributed by atoms with E-state index >= 15 is 0 Å². The van der Waals surface area contributed by atoms with E-state index in [1.54, 1.807) is 24.3 Å². The summed E-state index contributed by atoms with van der Waals surface area (Å²) >= 11 is 0. The van der Waals surface area contributed by atoms with Crippen molar-refractivity contribution in [3.8, 4) is 0 Å². The highest BCUT2D eigenvalue weighted by Crippen LogP contribution is 2.14. The second-order valence-corrected chi connectivity index (χ2v) is 3.93. The SMILES string of the molecule is COC(=O)C(NC(=O)c1cnccn1)c1ccccc1. The van der Waals surface area contributed by atoms with Gasteiger partial charge in [0.15, 0.2) is 6.04 Å². The molecule has 0 spiro atoms. The molecular weight excluding hydrogens is 258 g/mol. The van der Waals surface area contributed by atoms with Gasteiger partial charge >= 0.3 is 5.97 Å². The second kappa shape index (κ2) is 6.42. The van der Waals surface area contributed by atoms with Crippen LogP contribution >= 0.6 is 0 Å². The average molecular weight is 271 g/mol. The molecule has 1 N–H and O–H groups in total. The fourth-order valence-corrected chi connectivity index (χ4v) is 1.66. The maximum Gasteiger partial charge on any atom is 0.333 e. The maximum atomic E-state index is 12.0. The van der Waals surface area contributed by atoms with Gasteiger partial charge in [0.25, 0.3) is 5.91 Å². The van der Waals surface area contributed by atoms with Crippen molar-refractivity contribution >= 4 is 11.9 Å². The molecular formula is C14H13N3O3. The molecule has 0 aliphatic rings. The Bertz CT molecular complexity index is 587. The number of nitrogens with zero attached hydrogens (tertiary/aromatic N) is 2. The van der Waals surface area contributed by atoms with Crippen molar-refractivity contribution in [3.63, 3.8) is 0 Å². The number of hydrogen-bond acceptors (Lipinski definition) is 5. The molecule has 1 unspecified atom stereocenters. The maximum absolute atomic E-state index is 12.0. The number of hydrogen-bond donors (Lipinski definition) is 1. The topological polar surface area (TPSA) is 81.2 Å². The van der Waals surface area contributed by atoms with Gasteiger partial charge < -0.3 is 10.1 Å². The normalized spacial score (nSPS) is 11.4. The molecule has 1 amide bonds. The van der Waals surface area contributed by atoms with Crippen LogP contribution in [0.5, 0.6) is 0 Å². The zero-order valence-corrected chi connectivity index (χ0v) is 10.8. The highest BCUT2D eigenvalue weighted by atomic mass is 16.5. The van der Waals surface area contributed by atoms with Crippen molar-refractivity contribution in [2.75, 3.05) is 7.11 Å². The molecule has 1 heterocycles. The summed E-state index contributed by atoms with van der Waals surface area (Å²) < 4.78 is 4.71. The predicted octanol–water partition coefficient (Wildman–Crippen LogP) is 1.12. The predicted molar refractivity (Wildman–Crippen MR) is 70.7 cm³/mol. The number of rotatable bonds is 4. The number of carbonyl (C=O) groups is 2. The summed E-state index contributed by atoms with van der Waals surface area (Å²) in [4.78, 5) is 31.5. The average Bonchev–Trinajstić information content (AvgIpc) is 2.53. The third kappa shape index (κ3) is 3.17. The van der Waals surface area contributed by atoms with Crippen LogP contribution in [0.25, 0.3) is 0 Å². The van der Waals surface area contributed by atoms with Gasteiger partial charge in [-0.3, -0.25) is 9.78 Å². The lowest BCUT2D eigenvalue weighted by Crippen LogP contribution is -2.35. The highest BCUT2D eigenvalue weighted by Gasteiger charge is 2.24. The van der Waals surface area contributed by atoms with E-state index in [0.717, 1.165) is 0 Å². The third-order valence-electron chi connectivity index (χ3n) is 2.64. The van der Waals surface area contributed by atoms with Gasteiger partial charge in [0, 0.05) is 12.4 Å². The van der Waals surface area contributed by atoms with Gasteiger partial charge in [-0.05, 0) is 5.56 Å². The third-order valence-corrected chi connectivity index (χ3v) is 2.64. The fraction of sp³-hybridized carbons (Fsp3) is 0.143. The van der Waals surface area contributed by atoms with Crippen molar-refractivity contribution in [3.05, 3.63) is 60.2 Å². The van der Waals surface area contributed by atoms with Gasteiger partial charge in [-0.25, -0.2) is 9.78 Å². The van der Waals surface area contributed by atoms with E-state index < -0.39 is 17.9 Å². The molecule has 1 aromatic heterocycles. The minimum atomic E-state index is -0.879. The van der Waals surface area contributed by atoms with E-state index in [2.05, 4.69) is 15.3 Å². The number of nitrogens with one attached hydrogen (secondary N) is 1. The van der Waals surface area contributed by atoms with Crippen LogP contribution in [0.1, 0.15) is 22.1 Å². The number of carbonyl (C=O) groups excluding carboxylic acids is 2. The first-order valence-electron chi connectivity index (χ1n) is 5.92. The summed E-state index contributed by atoms with van der Waals surface area (Å²) in [6, 6.07) is 7.97. The number of aromatic nitrogens is 2. The van der Waals surface area contributed by atoms with Crippen LogP contribution < -0.4 is 5.32 Å². The van der Waals surface area contributed by atoms with Crippen LogP contribution in [-0.2, 0) is 9.53 Å². The van der Waals surface area contributed by atoms with Gasteiger partial charge in [0.1, 0.15) is 5.69 Å². The van der Waals surface area contributed by atoms with Crippen LogP contribution in [0.4, 0.5) is 0 Å². The zero-order chi connectivity index (χ0) is 14.4. The van der Waals surface area contributed by atoms with Crippen LogP contribution in [0.15, 0.2) is 48.9 Å². The molecule has 0 saturated heterocycles. The number of esters is 1. The Morgan fingerprint density at radius 3 is 2.55 bits per heavy atom. The molecule has 0 saturated carbocycles. The Morgan fingerprint density at radius 2 is 1.95 bits per heavy atom. The summed E-state index contributed by atoms with van der Waals surface area (Å²) in [6.45, 7) is 0. The van der Waals surface area contributed by atoms with Crippen molar-refractivity contribution < 1.29 is 14.3 Å². The summed E-state index contributed by atoms with van der Waals surface area (Å²) in [5, 5.41) is 2.58. The van der Waals surface area contributed by atoms with Crippen LogP contribution in [0.3, 0.4) is 0 Å². The molecule has 1 atom stereocenters. The second-order valence-electron chi connectivity index (χ2n) is 3.93. The monoisotopic (exact) mass is 271 g/mol. The van der Waals surface area contributed by atoms with Gasteiger partial charge in [0.05, 0.1) is 13.3 Å². The van der Waals surface area contributed by atoms with E-state index in [4.69, 9.17) is 4.74 Å². The molecule has 1 aromatic carbocycles. The summed E-state index contributed by atoms with van der Waals surface area (Å²) in [5.74, 6) is -1.04. The molecule has 0 bridgehead atoms. The zero-order valence-electron chi connectivity index (χ0n) is 10.8. The van der Waals surface area contributed by atoms with Gasteiger partial charge in [-0.1, -0.05) is 30.3 Å². The molecule has 0 aliphatic heterocycles. The van der Waals surface area contributed by atoms with E-state index in [1.165, 1.54) is 25.7 Å². The molecule has 6 heteroatoms. The van der Waals surface area contributed by atoms with E-state index in [1.807, 2.05) is 6.07 Å². The Morgan fingerprint density at radius 1 is 1.20 bits per heavy atom. The van der Waals surface area contributed by atoms with Crippen molar-refractivity contribution in [1.82, 2.24) is 15.3 Å². The molecule has 0 radical (unpaired) electrons. The van der Waals surface area contributed by atoms with Crippen LogP contribution in [0, 0.1) is 0 Å². The van der Waals surface area contributed by atoms with Crippen molar-refractivity contribution in [2.45, 2.75) is 6.04 Å². The highest BCUT2D eigenvalue weighted by molar-refractivity contribution is 5.95. The van der Waals surface area contributed by atoms with Crippen molar-refractivity contribution in [1.29, 1.82) is 0 Å². The molecule has 0 fully saturated rings. The minimum absolute atomic E-state index is 0.136. The first kappa shape index (κ1) is 13.7. The Kier molecular flexibility index (Phi) is 4.39. The van der Waals surface area contributed by atoms with Crippen LogP contribution in [-0.4, -0.2) is 29.0 Å². The first-order chi connectivity index (χ1) is 9.72. The summed E-state index contributed by atoms with van der Waals surface area (Å²) in [5.41, 5.74) is 0.772. The largest absolute Gasteiger partial charge is 0.467 e. The molecule has 20 heavy (non-hydrogen) atoms. The van der Waals surface area contributed by atoms with Gasteiger partial charge in [0.2, 0.25) is 0 Å². The summed E-state index contributed by atoms with van der Waals surface area (Å²) in [7, 11) is 1.27. The van der Waals surface area contributed by atoms with Gasteiger partial charge in [-0.2, -0.15) is 0 Å². The standard InChI is InChI=1S/C14H13N3O3/c1-20-14(19)12(10-5-3-2-4-6-10)17-13(18)11-9-15-7-8-16-11/h2-9,12H,1H3,(H,17,18). The van der Waals surface area contributed by atoms with Crippen molar-refractivity contribution in [2.24, 2.45) is 0 Å². The number of ether oxygens (including phenoxy) is 1. The Labute approximate surface area is 115 Å². The number of benzene rings is 1. The lowest BCUT2D eigenvalue weighted by atomic mass is 10.1. The molecule has 2 aromatic rings. The fourth-order valence-electron chi connectivity index (χ4n) is 1.66. The molecule has 102 valence electrons. The Balaban J connectivity index is 2.21.